The number of methoxy groups -OCH3 is 1. The lowest BCUT2D eigenvalue weighted by molar-refractivity contribution is -0.142. The molecule has 0 amide bonds. The molecule has 3 nitrogen and oxygen atoms in total. The molecule has 2 N–H and O–H groups in total. The van der Waals surface area contributed by atoms with Gasteiger partial charge in [-0.05, 0) is 36.5 Å². The third kappa shape index (κ3) is 3.70. The van der Waals surface area contributed by atoms with E-state index in [0.29, 0.717) is 23.7 Å². The van der Waals surface area contributed by atoms with Gasteiger partial charge >= 0.3 is 5.97 Å². The van der Waals surface area contributed by atoms with Crippen LogP contribution in [-0.4, -0.2) is 19.1 Å². The van der Waals surface area contributed by atoms with E-state index in [0.717, 1.165) is 12.8 Å². The van der Waals surface area contributed by atoms with Crippen molar-refractivity contribution in [2.24, 2.45) is 23.0 Å². The highest BCUT2D eigenvalue weighted by atomic mass is 16.5. The van der Waals surface area contributed by atoms with Crippen LogP contribution in [0.4, 0.5) is 0 Å². The predicted octanol–water partition coefficient (Wildman–Crippen LogP) is 2.73. The van der Waals surface area contributed by atoms with Crippen LogP contribution < -0.4 is 5.73 Å². The summed E-state index contributed by atoms with van der Waals surface area (Å²) in [5.74, 6) is 0.856. The number of hydrogen-bond acceptors (Lipinski definition) is 3. The second-order valence-electron chi connectivity index (χ2n) is 6.06. The highest BCUT2D eigenvalue weighted by Gasteiger charge is 2.36. The molecular weight excluding hydrogens is 214 g/mol. The van der Waals surface area contributed by atoms with E-state index in [9.17, 15) is 4.79 Å². The van der Waals surface area contributed by atoms with Crippen molar-refractivity contribution in [2.75, 3.05) is 7.11 Å². The molecule has 0 aromatic heterocycles. The molecule has 0 saturated heterocycles. The van der Waals surface area contributed by atoms with Gasteiger partial charge in [0.05, 0.1) is 7.11 Å². The first-order valence-corrected chi connectivity index (χ1v) is 6.73. The molecule has 1 aliphatic rings. The van der Waals surface area contributed by atoms with Crippen molar-refractivity contribution in [3.05, 3.63) is 0 Å². The van der Waals surface area contributed by atoms with Gasteiger partial charge in [0, 0.05) is 12.5 Å². The van der Waals surface area contributed by atoms with E-state index in [1.54, 1.807) is 0 Å². The molecule has 1 saturated carbocycles. The largest absolute Gasteiger partial charge is 0.469 e. The van der Waals surface area contributed by atoms with Gasteiger partial charge in [0.2, 0.25) is 0 Å². The number of nitrogens with two attached hydrogens (primary N) is 1. The molecule has 100 valence electrons. The van der Waals surface area contributed by atoms with E-state index in [4.69, 9.17) is 10.5 Å². The highest BCUT2D eigenvalue weighted by molar-refractivity contribution is 5.69. The second-order valence-corrected chi connectivity index (χ2v) is 6.06. The predicted molar refractivity (Wildman–Crippen MR) is 69.5 cm³/mol. The second kappa shape index (κ2) is 5.85. The van der Waals surface area contributed by atoms with Crippen LogP contribution in [0.25, 0.3) is 0 Å². The van der Waals surface area contributed by atoms with Crippen LogP contribution >= 0.6 is 0 Å². The Bertz CT molecular complexity index is 263. The first kappa shape index (κ1) is 14.5. The Hall–Kier alpha value is -0.570. The first-order chi connectivity index (χ1) is 7.90. The van der Waals surface area contributed by atoms with Crippen LogP contribution in [0.15, 0.2) is 0 Å². The monoisotopic (exact) mass is 241 g/mol. The molecule has 0 radical (unpaired) electrons. The van der Waals surface area contributed by atoms with Gasteiger partial charge in [-0.2, -0.15) is 0 Å². The number of hydrogen-bond donors (Lipinski definition) is 1. The van der Waals surface area contributed by atoms with E-state index in [1.807, 2.05) is 0 Å². The minimum absolute atomic E-state index is 0.125. The van der Waals surface area contributed by atoms with E-state index < -0.39 is 0 Å². The van der Waals surface area contributed by atoms with Gasteiger partial charge in [0.25, 0.3) is 0 Å². The number of rotatable bonds is 4. The van der Waals surface area contributed by atoms with Crippen LogP contribution in [0.5, 0.6) is 0 Å². The maximum Gasteiger partial charge on any atom is 0.305 e. The molecule has 1 rings (SSSR count). The zero-order valence-electron chi connectivity index (χ0n) is 11.7. The standard InChI is InChI=1S/C14H27NO2/c1-5-14(2,3)11-6-7-12(15)10(8-11)9-13(16)17-4/h10-12H,5-9,15H2,1-4H3. The van der Waals surface area contributed by atoms with E-state index in [2.05, 4.69) is 20.8 Å². The van der Waals surface area contributed by atoms with Crippen molar-refractivity contribution in [3.63, 3.8) is 0 Å². The molecule has 3 unspecified atom stereocenters. The van der Waals surface area contributed by atoms with Gasteiger partial charge < -0.3 is 10.5 Å². The molecule has 17 heavy (non-hydrogen) atoms. The molecule has 3 atom stereocenters. The topological polar surface area (TPSA) is 52.3 Å². The molecule has 1 fully saturated rings. The number of ether oxygens (including phenoxy) is 1. The third-order valence-electron chi connectivity index (χ3n) is 4.71. The Morgan fingerprint density at radius 2 is 2.06 bits per heavy atom. The van der Waals surface area contributed by atoms with Crippen LogP contribution in [0, 0.1) is 17.3 Å². The average molecular weight is 241 g/mol. The molecule has 0 heterocycles. The van der Waals surface area contributed by atoms with Crippen LogP contribution in [0.2, 0.25) is 0 Å². The van der Waals surface area contributed by atoms with Crippen LogP contribution in [-0.2, 0) is 9.53 Å². The highest BCUT2D eigenvalue weighted by Crippen LogP contribution is 2.42. The quantitative estimate of drug-likeness (QED) is 0.770. The minimum Gasteiger partial charge on any atom is -0.469 e. The third-order valence-corrected chi connectivity index (χ3v) is 4.71. The number of carbonyl (C=O) groups excluding carboxylic acids is 1. The molecule has 0 bridgehead atoms. The summed E-state index contributed by atoms with van der Waals surface area (Å²) >= 11 is 0. The fraction of sp³-hybridized carbons (Fsp3) is 0.929. The summed E-state index contributed by atoms with van der Waals surface area (Å²) in [4.78, 5) is 11.4. The molecule has 0 aromatic carbocycles. The Labute approximate surface area is 105 Å². The Kier molecular flexibility index (Phi) is 4.99. The van der Waals surface area contributed by atoms with E-state index >= 15 is 0 Å². The normalized spacial score (nSPS) is 30.1. The molecule has 0 aliphatic heterocycles. The van der Waals surface area contributed by atoms with Gasteiger partial charge in [-0.25, -0.2) is 0 Å². The van der Waals surface area contributed by atoms with Crippen LogP contribution in [0.3, 0.4) is 0 Å². The summed E-state index contributed by atoms with van der Waals surface area (Å²) in [6.45, 7) is 6.89. The summed E-state index contributed by atoms with van der Waals surface area (Å²) in [5.41, 5.74) is 6.48. The van der Waals surface area contributed by atoms with Gasteiger partial charge in [-0.3, -0.25) is 4.79 Å². The SMILES string of the molecule is CCC(C)(C)C1CCC(N)C(CC(=O)OC)C1. The average Bonchev–Trinajstić information content (AvgIpc) is 2.31. The fourth-order valence-corrected chi connectivity index (χ4v) is 2.82. The van der Waals surface area contributed by atoms with Crippen molar-refractivity contribution < 1.29 is 9.53 Å². The lowest BCUT2D eigenvalue weighted by Gasteiger charge is -2.41. The molecule has 0 spiro atoms. The first-order valence-electron chi connectivity index (χ1n) is 6.73. The lowest BCUT2D eigenvalue weighted by atomic mass is 9.65. The zero-order valence-corrected chi connectivity index (χ0v) is 11.7. The summed E-state index contributed by atoms with van der Waals surface area (Å²) in [5, 5.41) is 0. The summed E-state index contributed by atoms with van der Waals surface area (Å²) in [6.07, 6.45) is 4.96. The fourth-order valence-electron chi connectivity index (χ4n) is 2.82. The van der Waals surface area contributed by atoms with Crippen LogP contribution in [0.1, 0.15) is 52.9 Å². The van der Waals surface area contributed by atoms with Gasteiger partial charge in [0.1, 0.15) is 0 Å². The van der Waals surface area contributed by atoms with Crippen molar-refractivity contribution in [1.82, 2.24) is 0 Å². The summed E-state index contributed by atoms with van der Waals surface area (Å²) in [7, 11) is 1.45. The van der Waals surface area contributed by atoms with Crippen molar-refractivity contribution in [1.29, 1.82) is 0 Å². The Morgan fingerprint density at radius 1 is 1.41 bits per heavy atom. The minimum atomic E-state index is -0.125. The lowest BCUT2D eigenvalue weighted by Crippen LogP contribution is -2.41. The Balaban J connectivity index is 2.62. The van der Waals surface area contributed by atoms with Gasteiger partial charge in [-0.15, -0.1) is 0 Å². The number of carbonyl (C=O) groups is 1. The summed E-state index contributed by atoms with van der Waals surface area (Å²) in [6, 6.07) is 0.165. The van der Waals surface area contributed by atoms with Gasteiger partial charge in [0.15, 0.2) is 0 Å². The molecule has 0 aromatic rings. The zero-order chi connectivity index (χ0) is 13.1. The summed E-state index contributed by atoms with van der Waals surface area (Å²) < 4.78 is 4.75. The van der Waals surface area contributed by atoms with Gasteiger partial charge in [-0.1, -0.05) is 27.2 Å². The van der Waals surface area contributed by atoms with E-state index in [1.165, 1.54) is 20.0 Å². The van der Waals surface area contributed by atoms with Crippen molar-refractivity contribution >= 4 is 5.97 Å². The molecule has 1 aliphatic carbocycles. The molecular formula is C14H27NO2. The Morgan fingerprint density at radius 3 is 2.59 bits per heavy atom. The number of esters is 1. The molecule has 3 heteroatoms. The van der Waals surface area contributed by atoms with Crippen molar-refractivity contribution in [2.45, 2.75) is 58.9 Å². The maximum atomic E-state index is 11.4. The maximum absolute atomic E-state index is 11.4. The van der Waals surface area contributed by atoms with E-state index in [-0.39, 0.29) is 12.0 Å². The van der Waals surface area contributed by atoms with Crippen molar-refractivity contribution in [3.8, 4) is 0 Å². The smallest absolute Gasteiger partial charge is 0.305 e.